The summed E-state index contributed by atoms with van der Waals surface area (Å²) in [6.07, 6.45) is 0.299. The molecule has 180 valence electrons. The molecule has 0 N–H and O–H groups in total. The molecule has 35 heavy (non-hydrogen) atoms. The number of ether oxygens (including phenoxy) is 2. The van der Waals surface area contributed by atoms with E-state index in [1.165, 1.54) is 0 Å². The molecule has 6 nitrogen and oxygen atoms in total. The zero-order valence-electron chi connectivity index (χ0n) is 20.1. The van der Waals surface area contributed by atoms with Gasteiger partial charge in [0.05, 0.1) is 37.9 Å². The maximum absolute atomic E-state index is 12.7. The van der Waals surface area contributed by atoms with E-state index in [1.807, 2.05) is 77.7 Å². The van der Waals surface area contributed by atoms with Gasteiger partial charge in [0.1, 0.15) is 5.75 Å². The minimum Gasteiger partial charge on any atom is -0.497 e. The molecule has 1 atom stereocenters. The van der Waals surface area contributed by atoms with Crippen LogP contribution >= 0.6 is 0 Å². The van der Waals surface area contributed by atoms with Crippen molar-refractivity contribution < 1.29 is 14.3 Å². The van der Waals surface area contributed by atoms with Crippen LogP contribution in [0.3, 0.4) is 0 Å². The van der Waals surface area contributed by atoms with Gasteiger partial charge in [0.15, 0.2) is 0 Å². The summed E-state index contributed by atoms with van der Waals surface area (Å²) in [5.41, 5.74) is 3.76. The summed E-state index contributed by atoms with van der Waals surface area (Å²) in [5, 5.41) is 9.03. The molecular weight excluding hydrogens is 438 g/mol. The van der Waals surface area contributed by atoms with Gasteiger partial charge in [-0.15, -0.1) is 0 Å². The molecule has 3 aromatic carbocycles. The highest BCUT2D eigenvalue weighted by molar-refractivity contribution is 5.78. The van der Waals surface area contributed by atoms with Crippen LogP contribution in [0.15, 0.2) is 78.9 Å². The quantitative estimate of drug-likeness (QED) is 0.470. The number of rotatable bonds is 9. The highest BCUT2D eigenvalue weighted by Gasteiger charge is 2.24. The normalized spacial score (nSPS) is 14.8. The summed E-state index contributed by atoms with van der Waals surface area (Å²) in [5.74, 6) is 0.975. The third kappa shape index (κ3) is 6.92. The highest BCUT2D eigenvalue weighted by atomic mass is 16.5. The van der Waals surface area contributed by atoms with Gasteiger partial charge >= 0.3 is 0 Å². The lowest BCUT2D eigenvalue weighted by Gasteiger charge is -2.36. The van der Waals surface area contributed by atoms with Crippen LogP contribution in [-0.2, 0) is 22.6 Å². The van der Waals surface area contributed by atoms with E-state index in [4.69, 9.17) is 14.7 Å². The zero-order valence-corrected chi connectivity index (χ0v) is 20.1. The van der Waals surface area contributed by atoms with Gasteiger partial charge in [-0.2, -0.15) is 5.26 Å². The first-order valence-corrected chi connectivity index (χ1v) is 11.9. The van der Waals surface area contributed by atoms with Crippen LogP contribution in [0.25, 0.3) is 0 Å². The second-order valence-corrected chi connectivity index (χ2v) is 8.73. The van der Waals surface area contributed by atoms with Crippen LogP contribution in [0.2, 0.25) is 0 Å². The Morgan fingerprint density at radius 1 is 0.943 bits per heavy atom. The molecule has 0 saturated carbocycles. The number of methoxy groups -OCH3 is 1. The summed E-state index contributed by atoms with van der Waals surface area (Å²) in [6.45, 7) is 4.22. The minimum atomic E-state index is -0.146. The van der Waals surface area contributed by atoms with Crippen molar-refractivity contribution in [1.82, 2.24) is 9.80 Å². The molecule has 0 radical (unpaired) electrons. The Balaban J connectivity index is 1.37. The second kappa shape index (κ2) is 12.2. The summed E-state index contributed by atoms with van der Waals surface area (Å²) in [7, 11) is 1.66. The van der Waals surface area contributed by atoms with Gasteiger partial charge in [-0.3, -0.25) is 9.69 Å². The van der Waals surface area contributed by atoms with Gasteiger partial charge in [0.2, 0.25) is 5.91 Å². The predicted molar refractivity (Wildman–Crippen MR) is 135 cm³/mol. The van der Waals surface area contributed by atoms with E-state index in [2.05, 4.69) is 17.0 Å². The fourth-order valence-electron chi connectivity index (χ4n) is 4.27. The van der Waals surface area contributed by atoms with Gasteiger partial charge in [-0.1, -0.05) is 54.6 Å². The Hall–Kier alpha value is -3.66. The number of piperazine rings is 1. The highest BCUT2D eigenvalue weighted by Crippen LogP contribution is 2.25. The average Bonchev–Trinajstić information content (AvgIpc) is 2.92. The van der Waals surface area contributed by atoms with Crippen LogP contribution in [0.5, 0.6) is 5.75 Å². The van der Waals surface area contributed by atoms with Crippen LogP contribution in [-0.4, -0.2) is 55.5 Å². The molecule has 0 unspecified atom stereocenters. The number of nitriles is 1. The second-order valence-electron chi connectivity index (χ2n) is 8.73. The van der Waals surface area contributed by atoms with Gasteiger partial charge in [0.25, 0.3) is 0 Å². The lowest BCUT2D eigenvalue weighted by atomic mass is 10.1. The molecule has 1 heterocycles. The molecule has 4 rings (SSSR count). The Morgan fingerprint density at radius 3 is 2.37 bits per heavy atom. The molecule has 6 heteroatoms. The van der Waals surface area contributed by atoms with E-state index in [0.29, 0.717) is 31.7 Å². The van der Waals surface area contributed by atoms with Crippen LogP contribution < -0.4 is 4.74 Å². The van der Waals surface area contributed by atoms with E-state index in [0.717, 1.165) is 42.1 Å². The SMILES string of the molecule is COc1cccc([C@H](CN2CCN(C(=O)Cc3ccccc3)CC2)OCc2ccc(C#N)cc2)c1. The van der Waals surface area contributed by atoms with E-state index >= 15 is 0 Å². The van der Waals surface area contributed by atoms with E-state index < -0.39 is 0 Å². The molecule has 1 fully saturated rings. The first-order valence-electron chi connectivity index (χ1n) is 11.9. The third-order valence-electron chi connectivity index (χ3n) is 6.35. The van der Waals surface area contributed by atoms with Crippen molar-refractivity contribution in [3.8, 4) is 11.8 Å². The maximum atomic E-state index is 12.7. The van der Waals surface area contributed by atoms with Gasteiger partial charge in [-0.05, 0) is 41.0 Å². The van der Waals surface area contributed by atoms with Crippen molar-refractivity contribution in [2.75, 3.05) is 39.8 Å². The number of carbonyl (C=O) groups excluding carboxylic acids is 1. The molecule has 1 aliphatic rings. The molecule has 1 aliphatic heterocycles. The van der Waals surface area contributed by atoms with Gasteiger partial charge < -0.3 is 14.4 Å². The van der Waals surface area contributed by atoms with Crippen molar-refractivity contribution in [2.24, 2.45) is 0 Å². The van der Waals surface area contributed by atoms with Gasteiger partial charge in [0, 0.05) is 32.7 Å². The Bertz CT molecular complexity index is 1130. The summed E-state index contributed by atoms with van der Waals surface area (Å²) < 4.78 is 11.8. The number of carbonyl (C=O) groups is 1. The lowest BCUT2D eigenvalue weighted by molar-refractivity contribution is -0.132. The van der Waals surface area contributed by atoms with E-state index in [1.54, 1.807) is 7.11 Å². The van der Waals surface area contributed by atoms with E-state index in [9.17, 15) is 4.79 Å². The molecular formula is C29H31N3O3. The Kier molecular flexibility index (Phi) is 8.50. The van der Waals surface area contributed by atoms with Crippen molar-refractivity contribution in [3.63, 3.8) is 0 Å². The number of amides is 1. The smallest absolute Gasteiger partial charge is 0.227 e. The fraction of sp³-hybridized carbons (Fsp3) is 0.310. The molecule has 0 aliphatic carbocycles. The van der Waals surface area contributed by atoms with Gasteiger partial charge in [-0.25, -0.2) is 0 Å². The van der Waals surface area contributed by atoms with Crippen molar-refractivity contribution in [2.45, 2.75) is 19.1 Å². The summed E-state index contributed by atoms with van der Waals surface area (Å²) >= 11 is 0. The fourth-order valence-corrected chi connectivity index (χ4v) is 4.27. The Labute approximate surface area is 207 Å². The number of nitrogens with zero attached hydrogens (tertiary/aromatic N) is 3. The zero-order chi connectivity index (χ0) is 24.5. The van der Waals surface area contributed by atoms with Crippen molar-refractivity contribution in [3.05, 3.63) is 101 Å². The number of hydrogen-bond donors (Lipinski definition) is 0. The molecule has 1 amide bonds. The molecule has 0 bridgehead atoms. The monoisotopic (exact) mass is 469 g/mol. The third-order valence-corrected chi connectivity index (χ3v) is 6.35. The molecule has 0 aromatic heterocycles. The molecule has 0 spiro atoms. The minimum absolute atomic E-state index is 0.146. The number of benzene rings is 3. The summed E-state index contributed by atoms with van der Waals surface area (Å²) in [6, 6.07) is 27.5. The molecule has 1 saturated heterocycles. The Morgan fingerprint density at radius 2 is 1.69 bits per heavy atom. The van der Waals surface area contributed by atoms with Crippen LogP contribution in [0.4, 0.5) is 0 Å². The van der Waals surface area contributed by atoms with E-state index in [-0.39, 0.29) is 12.0 Å². The van der Waals surface area contributed by atoms with Crippen LogP contribution in [0, 0.1) is 11.3 Å². The first kappa shape index (κ1) is 24.5. The topological polar surface area (TPSA) is 65.8 Å². The molecule has 3 aromatic rings. The standard InChI is InChI=1S/C29H31N3O3/c1-34-27-9-5-8-26(19-27)28(35-22-25-12-10-24(20-30)11-13-25)21-31-14-16-32(17-15-31)29(33)18-23-6-3-2-4-7-23/h2-13,19,28H,14-18,21-22H2,1H3/t28-/m0/s1. The predicted octanol–water partition coefficient (Wildman–Crippen LogP) is 4.21. The summed E-state index contributed by atoms with van der Waals surface area (Å²) in [4.78, 5) is 17.1. The maximum Gasteiger partial charge on any atom is 0.227 e. The van der Waals surface area contributed by atoms with Crippen LogP contribution in [0.1, 0.15) is 28.4 Å². The number of hydrogen-bond acceptors (Lipinski definition) is 5. The average molecular weight is 470 g/mol. The first-order chi connectivity index (χ1) is 17.1. The largest absolute Gasteiger partial charge is 0.497 e. The van der Waals surface area contributed by atoms with Crippen molar-refractivity contribution >= 4 is 5.91 Å². The van der Waals surface area contributed by atoms with Crippen molar-refractivity contribution in [1.29, 1.82) is 5.26 Å². The lowest BCUT2D eigenvalue weighted by Crippen LogP contribution is -2.50.